The molecule has 0 spiro atoms. The van der Waals surface area contributed by atoms with Gasteiger partial charge in [-0.05, 0) is 37.5 Å². The molecule has 2 aromatic rings. The monoisotopic (exact) mass is 314 g/mol. The lowest BCUT2D eigenvalue weighted by atomic mass is 9.97. The summed E-state index contributed by atoms with van der Waals surface area (Å²) in [4.78, 5) is 27.5. The maximum Gasteiger partial charge on any atom is 0.227 e. The lowest BCUT2D eigenvalue weighted by molar-refractivity contribution is -0.120. The van der Waals surface area contributed by atoms with Crippen LogP contribution in [-0.4, -0.2) is 21.6 Å². The van der Waals surface area contributed by atoms with Crippen molar-refractivity contribution in [3.63, 3.8) is 0 Å². The van der Waals surface area contributed by atoms with E-state index in [-0.39, 0.29) is 17.8 Å². The number of nitrogens with one attached hydrogen (secondary N) is 2. The lowest BCUT2D eigenvalue weighted by Crippen LogP contribution is -2.30. The van der Waals surface area contributed by atoms with Crippen LogP contribution in [0.15, 0.2) is 29.1 Å². The summed E-state index contributed by atoms with van der Waals surface area (Å²) in [5.74, 6) is -0.213. The summed E-state index contributed by atoms with van der Waals surface area (Å²) >= 11 is 0. The van der Waals surface area contributed by atoms with Crippen LogP contribution in [-0.2, 0) is 11.2 Å². The van der Waals surface area contributed by atoms with Gasteiger partial charge in [0.2, 0.25) is 5.91 Å². The standard InChI is InChI=1S/C18H22N2O3/c1-2-12-10-16(21)14-9-13(5-6-15(14)19-12)20-17(22)11-18(23)7-3-4-8-18/h5-6,9-10,23H,2-4,7-8,11H2,1H3,(H,19,21)(H,20,22). The Morgan fingerprint density at radius 2 is 2.04 bits per heavy atom. The minimum absolute atomic E-state index is 0.0545. The molecule has 1 aliphatic carbocycles. The smallest absolute Gasteiger partial charge is 0.227 e. The van der Waals surface area contributed by atoms with Gasteiger partial charge in [0.1, 0.15) is 0 Å². The van der Waals surface area contributed by atoms with E-state index in [1.807, 2.05) is 6.92 Å². The third kappa shape index (κ3) is 3.45. The van der Waals surface area contributed by atoms with Crippen molar-refractivity contribution in [2.45, 2.75) is 51.0 Å². The second-order valence-corrected chi connectivity index (χ2v) is 6.43. The van der Waals surface area contributed by atoms with Gasteiger partial charge in [-0.1, -0.05) is 19.8 Å². The predicted molar refractivity (Wildman–Crippen MR) is 90.6 cm³/mol. The van der Waals surface area contributed by atoms with Gasteiger partial charge in [-0.25, -0.2) is 0 Å². The maximum atomic E-state index is 12.2. The maximum absolute atomic E-state index is 12.2. The van der Waals surface area contributed by atoms with Gasteiger partial charge in [0.05, 0.1) is 12.0 Å². The predicted octanol–water partition coefficient (Wildman–Crippen LogP) is 2.72. The fourth-order valence-corrected chi connectivity index (χ4v) is 3.28. The Bertz CT molecular complexity index is 788. The number of amides is 1. The minimum atomic E-state index is -0.867. The molecule has 0 aliphatic heterocycles. The Morgan fingerprint density at radius 1 is 1.30 bits per heavy atom. The highest BCUT2D eigenvalue weighted by molar-refractivity contribution is 5.94. The van der Waals surface area contributed by atoms with Crippen molar-refractivity contribution in [1.29, 1.82) is 0 Å². The van der Waals surface area contributed by atoms with E-state index in [2.05, 4.69) is 10.3 Å². The van der Waals surface area contributed by atoms with E-state index in [4.69, 9.17) is 0 Å². The number of aromatic nitrogens is 1. The Hall–Kier alpha value is -2.14. The second kappa shape index (κ2) is 6.16. The van der Waals surface area contributed by atoms with Crippen molar-refractivity contribution >= 4 is 22.5 Å². The van der Waals surface area contributed by atoms with Crippen molar-refractivity contribution in [1.82, 2.24) is 4.98 Å². The summed E-state index contributed by atoms with van der Waals surface area (Å²) in [7, 11) is 0. The van der Waals surface area contributed by atoms with Crippen LogP contribution in [0.3, 0.4) is 0 Å². The van der Waals surface area contributed by atoms with Gasteiger partial charge >= 0.3 is 0 Å². The van der Waals surface area contributed by atoms with E-state index >= 15 is 0 Å². The minimum Gasteiger partial charge on any atom is -0.389 e. The van der Waals surface area contributed by atoms with Gasteiger partial charge in [0.15, 0.2) is 5.43 Å². The zero-order valence-corrected chi connectivity index (χ0v) is 13.3. The highest BCUT2D eigenvalue weighted by Crippen LogP contribution is 2.32. The molecule has 0 saturated heterocycles. The molecule has 1 aliphatic rings. The first-order valence-electron chi connectivity index (χ1n) is 8.17. The molecule has 3 N–H and O–H groups in total. The summed E-state index contributed by atoms with van der Waals surface area (Å²) in [5.41, 5.74) is 1.32. The van der Waals surface area contributed by atoms with Gasteiger partial charge in [0, 0.05) is 28.4 Å². The number of benzene rings is 1. The third-order valence-corrected chi connectivity index (χ3v) is 4.57. The van der Waals surface area contributed by atoms with Crippen LogP contribution in [0.5, 0.6) is 0 Å². The van der Waals surface area contributed by atoms with Crippen molar-refractivity contribution in [3.05, 3.63) is 40.2 Å². The molecule has 0 radical (unpaired) electrons. The average Bonchev–Trinajstić information content (AvgIpc) is 2.93. The SMILES string of the molecule is CCc1cc(=O)c2cc(NC(=O)CC3(O)CCCC3)ccc2[nH]1. The van der Waals surface area contributed by atoms with E-state index in [1.165, 1.54) is 0 Å². The summed E-state index contributed by atoms with van der Waals surface area (Å²) in [6.45, 7) is 1.99. The number of aromatic amines is 1. The van der Waals surface area contributed by atoms with Crippen LogP contribution >= 0.6 is 0 Å². The molecule has 1 fully saturated rings. The largest absolute Gasteiger partial charge is 0.389 e. The first-order valence-corrected chi connectivity index (χ1v) is 8.17. The van der Waals surface area contributed by atoms with Crippen LogP contribution in [0.4, 0.5) is 5.69 Å². The molecule has 0 unspecified atom stereocenters. The number of aryl methyl sites for hydroxylation is 1. The van der Waals surface area contributed by atoms with Crippen LogP contribution in [0.1, 0.15) is 44.7 Å². The molecule has 1 aromatic heterocycles. The molecular weight excluding hydrogens is 292 g/mol. The lowest BCUT2D eigenvalue weighted by Gasteiger charge is -2.21. The molecule has 0 bridgehead atoms. The number of rotatable bonds is 4. The van der Waals surface area contributed by atoms with E-state index in [0.717, 1.165) is 30.5 Å². The molecule has 3 rings (SSSR count). The zero-order chi connectivity index (χ0) is 16.4. The molecule has 5 nitrogen and oxygen atoms in total. The Morgan fingerprint density at radius 3 is 2.74 bits per heavy atom. The van der Waals surface area contributed by atoms with E-state index < -0.39 is 5.60 Å². The summed E-state index contributed by atoms with van der Waals surface area (Å²) in [5, 5.41) is 13.6. The van der Waals surface area contributed by atoms with Crippen molar-refractivity contribution in [2.24, 2.45) is 0 Å². The number of fused-ring (bicyclic) bond motifs is 1. The van der Waals surface area contributed by atoms with Crippen molar-refractivity contribution in [2.75, 3.05) is 5.32 Å². The summed E-state index contributed by atoms with van der Waals surface area (Å²) in [6.07, 6.45) is 4.16. The van der Waals surface area contributed by atoms with Crippen LogP contribution in [0.25, 0.3) is 10.9 Å². The second-order valence-electron chi connectivity index (χ2n) is 6.43. The van der Waals surface area contributed by atoms with Crippen molar-refractivity contribution < 1.29 is 9.90 Å². The molecule has 5 heteroatoms. The normalized spacial score (nSPS) is 16.6. The Kier molecular flexibility index (Phi) is 4.22. The van der Waals surface area contributed by atoms with Gasteiger partial charge in [-0.15, -0.1) is 0 Å². The van der Waals surface area contributed by atoms with Gasteiger partial charge in [-0.3, -0.25) is 9.59 Å². The third-order valence-electron chi connectivity index (χ3n) is 4.57. The van der Waals surface area contributed by atoms with Gasteiger partial charge < -0.3 is 15.4 Å². The number of hydrogen-bond acceptors (Lipinski definition) is 3. The average molecular weight is 314 g/mol. The van der Waals surface area contributed by atoms with Gasteiger partial charge in [-0.2, -0.15) is 0 Å². The molecule has 122 valence electrons. The number of hydrogen-bond donors (Lipinski definition) is 3. The summed E-state index contributed by atoms with van der Waals surface area (Å²) < 4.78 is 0. The fraction of sp³-hybridized carbons (Fsp3) is 0.444. The number of carbonyl (C=O) groups excluding carboxylic acids is 1. The van der Waals surface area contributed by atoms with Gasteiger partial charge in [0.25, 0.3) is 0 Å². The van der Waals surface area contributed by atoms with E-state index in [1.54, 1.807) is 24.3 Å². The van der Waals surface area contributed by atoms with Crippen LogP contribution in [0.2, 0.25) is 0 Å². The molecule has 0 atom stereocenters. The number of pyridine rings is 1. The van der Waals surface area contributed by atoms with Crippen LogP contribution < -0.4 is 10.7 Å². The first kappa shape index (κ1) is 15.7. The molecule has 1 aromatic carbocycles. The topological polar surface area (TPSA) is 82.2 Å². The van der Waals surface area contributed by atoms with Crippen LogP contribution in [0, 0.1) is 0 Å². The highest BCUT2D eigenvalue weighted by Gasteiger charge is 2.33. The highest BCUT2D eigenvalue weighted by atomic mass is 16.3. The Labute approximate surface area is 134 Å². The quantitative estimate of drug-likeness (QED) is 0.811. The first-order chi connectivity index (χ1) is 11.0. The fourth-order valence-electron chi connectivity index (χ4n) is 3.28. The number of aliphatic hydroxyl groups is 1. The molecular formula is C18H22N2O3. The van der Waals surface area contributed by atoms with Crippen molar-refractivity contribution in [3.8, 4) is 0 Å². The van der Waals surface area contributed by atoms with E-state index in [9.17, 15) is 14.7 Å². The molecule has 23 heavy (non-hydrogen) atoms. The number of anilines is 1. The Balaban J connectivity index is 1.79. The van der Waals surface area contributed by atoms with E-state index in [0.29, 0.717) is 23.9 Å². The number of carbonyl (C=O) groups is 1. The number of H-pyrrole nitrogens is 1. The molecule has 1 heterocycles. The molecule has 1 saturated carbocycles. The summed E-state index contributed by atoms with van der Waals surface area (Å²) in [6, 6.07) is 6.85. The zero-order valence-electron chi connectivity index (χ0n) is 13.3. The molecule has 1 amide bonds.